The molecule has 0 spiro atoms. The van der Waals surface area contributed by atoms with E-state index in [-0.39, 0.29) is 23.6 Å². The van der Waals surface area contributed by atoms with Gasteiger partial charge in [0.15, 0.2) is 0 Å². The molecule has 0 radical (unpaired) electrons. The van der Waals surface area contributed by atoms with E-state index in [1.165, 1.54) is 0 Å². The minimum Gasteiger partial charge on any atom is -0.355 e. The molecule has 30 heavy (non-hydrogen) atoms. The van der Waals surface area contributed by atoms with Gasteiger partial charge in [-0.15, -0.1) is 0 Å². The molecular formula is C22H31BrN4O3. The standard InChI is InChI=1S/C22H31BrN4O3/c1-2-9-24-20(28)16-25-12-14-27(15-13-25)22(30)18-7-10-26(11-8-18)21(29)17-3-5-19(23)6-4-17/h3-6,18H,2,7-16H2,1H3,(H,24,28). The van der Waals surface area contributed by atoms with Crippen molar-refractivity contribution in [3.8, 4) is 0 Å². The third-order valence-electron chi connectivity index (χ3n) is 5.85. The number of amides is 3. The highest BCUT2D eigenvalue weighted by atomic mass is 79.9. The van der Waals surface area contributed by atoms with E-state index in [1.807, 2.05) is 41.0 Å². The maximum absolute atomic E-state index is 12.9. The van der Waals surface area contributed by atoms with Gasteiger partial charge < -0.3 is 15.1 Å². The summed E-state index contributed by atoms with van der Waals surface area (Å²) in [6.07, 6.45) is 2.35. The molecule has 2 heterocycles. The topological polar surface area (TPSA) is 73.0 Å². The normalized spacial score (nSPS) is 18.3. The van der Waals surface area contributed by atoms with E-state index < -0.39 is 0 Å². The molecule has 2 aliphatic rings. The number of carbonyl (C=O) groups excluding carboxylic acids is 3. The van der Waals surface area contributed by atoms with E-state index in [1.54, 1.807) is 0 Å². The van der Waals surface area contributed by atoms with Crippen molar-refractivity contribution in [2.24, 2.45) is 5.92 Å². The van der Waals surface area contributed by atoms with Crippen LogP contribution in [0.1, 0.15) is 36.5 Å². The van der Waals surface area contributed by atoms with Gasteiger partial charge in [0.25, 0.3) is 5.91 Å². The molecule has 2 aliphatic heterocycles. The maximum atomic E-state index is 12.9. The number of hydrogen-bond acceptors (Lipinski definition) is 4. The molecule has 0 atom stereocenters. The van der Waals surface area contributed by atoms with Gasteiger partial charge in [0, 0.05) is 61.8 Å². The predicted molar refractivity (Wildman–Crippen MR) is 119 cm³/mol. The molecule has 1 N–H and O–H groups in total. The summed E-state index contributed by atoms with van der Waals surface area (Å²) in [5, 5.41) is 2.90. The summed E-state index contributed by atoms with van der Waals surface area (Å²) in [6.45, 7) is 7.16. The Morgan fingerprint density at radius 3 is 2.20 bits per heavy atom. The fourth-order valence-electron chi connectivity index (χ4n) is 4.01. The lowest BCUT2D eigenvalue weighted by Gasteiger charge is -2.38. The zero-order valence-electron chi connectivity index (χ0n) is 17.6. The van der Waals surface area contributed by atoms with Crippen molar-refractivity contribution in [2.75, 3.05) is 52.4 Å². The number of nitrogens with zero attached hydrogens (tertiary/aromatic N) is 3. The number of carbonyl (C=O) groups is 3. The third kappa shape index (κ3) is 6.04. The van der Waals surface area contributed by atoms with Crippen LogP contribution in [0.4, 0.5) is 0 Å². The average Bonchev–Trinajstić information content (AvgIpc) is 2.78. The molecule has 3 amide bonds. The van der Waals surface area contributed by atoms with Gasteiger partial charge in [0.05, 0.1) is 6.54 Å². The van der Waals surface area contributed by atoms with Crippen LogP contribution < -0.4 is 5.32 Å². The van der Waals surface area contributed by atoms with Crippen LogP contribution in [0.5, 0.6) is 0 Å². The van der Waals surface area contributed by atoms with Gasteiger partial charge in [-0.3, -0.25) is 19.3 Å². The summed E-state index contributed by atoms with van der Waals surface area (Å²) in [4.78, 5) is 43.3. The summed E-state index contributed by atoms with van der Waals surface area (Å²) in [5.41, 5.74) is 0.682. The molecule has 0 bridgehead atoms. The van der Waals surface area contributed by atoms with Gasteiger partial charge in [-0.1, -0.05) is 22.9 Å². The van der Waals surface area contributed by atoms with Crippen molar-refractivity contribution in [1.82, 2.24) is 20.0 Å². The molecule has 164 valence electrons. The zero-order valence-corrected chi connectivity index (χ0v) is 19.2. The van der Waals surface area contributed by atoms with Crippen LogP contribution in [-0.2, 0) is 9.59 Å². The average molecular weight is 479 g/mol. The summed E-state index contributed by atoms with van der Waals surface area (Å²) in [6, 6.07) is 7.39. The molecule has 0 aliphatic carbocycles. The Morgan fingerprint density at radius 2 is 1.60 bits per heavy atom. The predicted octanol–water partition coefficient (Wildman–Crippen LogP) is 1.97. The summed E-state index contributed by atoms with van der Waals surface area (Å²) >= 11 is 3.39. The highest BCUT2D eigenvalue weighted by molar-refractivity contribution is 9.10. The fraction of sp³-hybridized carbons (Fsp3) is 0.591. The second-order valence-electron chi connectivity index (χ2n) is 8.02. The van der Waals surface area contributed by atoms with Crippen LogP contribution in [0.15, 0.2) is 28.7 Å². The van der Waals surface area contributed by atoms with E-state index in [2.05, 4.69) is 26.1 Å². The Morgan fingerprint density at radius 1 is 0.967 bits per heavy atom. The molecule has 1 aromatic carbocycles. The van der Waals surface area contributed by atoms with Crippen LogP contribution in [0.3, 0.4) is 0 Å². The van der Waals surface area contributed by atoms with Gasteiger partial charge in [-0.2, -0.15) is 0 Å². The first-order valence-corrected chi connectivity index (χ1v) is 11.6. The van der Waals surface area contributed by atoms with Crippen LogP contribution in [0.25, 0.3) is 0 Å². The number of hydrogen-bond donors (Lipinski definition) is 1. The first-order chi connectivity index (χ1) is 14.5. The van der Waals surface area contributed by atoms with Gasteiger partial charge in [0.2, 0.25) is 11.8 Å². The molecule has 2 saturated heterocycles. The SMILES string of the molecule is CCCNC(=O)CN1CCN(C(=O)C2CCN(C(=O)c3ccc(Br)cc3)CC2)CC1. The Balaban J connectivity index is 1.42. The van der Waals surface area contributed by atoms with Crippen molar-refractivity contribution in [1.29, 1.82) is 0 Å². The molecule has 1 aromatic rings. The number of piperidine rings is 1. The zero-order chi connectivity index (χ0) is 21.5. The lowest BCUT2D eigenvalue weighted by atomic mass is 9.94. The Kier molecular flexibility index (Phi) is 8.27. The van der Waals surface area contributed by atoms with Crippen molar-refractivity contribution in [2.45, 2.75) is 26.2 Å². The van der Waals surface area contributed by atoms with E-state index >= 15 is 0 Å². The Labute approximate surface area is 186 Å². The highest BCUT2D eigenvalue weighted by Crippen LogP contribution is 2.22. The largest absolute Gasteiger partial charge is 0.355 e. The lowest BCUT2D eigenvalue weighted by molar-refractivity contribution is -0.138. The van der Waals surface area contributed by atoms with Crippen LogP contribution in [0.2, 0.25) is 0 Å². The van der Waals surface area contributed by atoms with Crippen LogP contribution in [0, 0.1) is 5.92 Å². The first kappa shape index (κ1) is 22.7. The number of piperazine rings is 1. The lowest BCUT2D eigenvalue weighted by Crippen LogP contribution is -2.53. The van der Waals surface area contributed by atoms with Gasteiger partial charge in [-0.25, -0.2) is 0 Å². The van der Waals surface area contributed by atoms with Crippen LogP contribution in [-0.4, -0.2) is 84.8 Å². The second-order valence-corrected chi connectivity index (χ2v) is 8.94. The molecule has 7 nitrogen and oxygen atoms in total. The highest BCUT2D eigenvalue weighted by Gasteiger charge is 2.32. The number of benzene rings is 1. The molecule has 0 aromatic heterocycles. The molecule has 2 fully saturated rings. The Bertz CT molecular complexity index is 739. The maximum Gasteiger partial charge on any atom is 0.253 e. The number of halogens is 1. The molecule has 8 heteroatoms. The minimum atomic E-state index is -0.0154. The third-order valence-corrected chi connectivity index (χ3v) is 6.37. The van der Waals surface area contributed by atoms with Crippen LogP contribution >= 0.6 is 15.9 Å². The van der Waals surface area contributed by atoms with E-state index in [9.17, 15) is 14.4 Å². The minimum absolute atomic E-state index is 0.0154. The Hall–Kier alpha value is -1.93. The monoisotopic (exact) mass is 478 g/mol. The van der Waals surface area contributed by atoms with Gasteiger partial charge in [0.1, 0.15) is 0 Å². The van der Waals surface area contributed by atoms with Gasteiger partial charge in [-0.05, 0) is 43.5 Å². The molecular weight excluding hydrogens is 448 g/mol. The van der Waals surface area contributed by atoms with E-state index in [0.29, 0.717) is 57.7 Å². The number of nitrogens with one attached hydrogen (secondary N) is 1. The summed E-state index contributed by atoms with van der Waals surface area (Å²) in [5.74, 6) is 0.266. The summed E-state index contributed by atoms with van der Waals surface area (Å²) < 4.78 is 0.949. The molecule has 0 saturated carbocycles. The van der Waals surface area contributed by atoms with E-state index in [0.717, 1.165) is 24.0 Å². The first-order valence-electron chi connectivity index (χ1n) is 10.8. The van der Waals surface area contributed by atoms with Crippen molar-refractivity contribution in [3.63, 3.8) is 0 Å². The number of likely N-dealkylation sites (tertiary alicyclic amines) is 1. The van der Waals surface area contributed by atoms with Crippen molar-refractivity contribution in [3.05, 3.63) is 34.3 Å². The van der Waals surface area contributed by atoms with E-state index in [4.69, 9.17) is 0 Å². The van der Waals surface area contributed by atoms with Crippen molar-refractivity contribution >= 4 is 33.7 Å². The quantitative estimate of drug-likeness (QED) is 0.678. The number of rotatable bonds is 6. The fourth-order valence-corrected chi connectivity index (χ4v) is 4.28. The summed E-state index contributed by atoms with van der Waals surface area (Å²) in [7, 11) is 0. The second kappa shape index (κ2) is 10.9. The molecule has 3 rings (SSSR count). The van der Waals surface area contributed by atoms with Gasteiger partial charge >= 0.3 is 0 Å². The van der Waals surface area contributed by atoms with Crippen molar-refractivity contribution < 1.29 is 14.4 Å². The molecule has 0 unspecified atom stereocenters. The smallest absolute Gasteiger partial charge is 0.253 e.